The number of halogens is 2. The molecule has 0 bridgehead atoms. The van der Waals surface area contributed by atoms with Gasteiger partial charge in [0, 0.05) is 10.6 Å². The highest BCUT2D eigenvalue weighted by Gasteiger charge is 2.16. The topological polar surface area (TPSA) is 43.4 Å². The standard InChI is InChI=1S/C10H8Cl2O3/c1-2-15-10(14)7-3-6(11)4-9(12)8(7)5-13/h3-5H,2H2,1H3. The Kier molecular flexibility index (Phi) is 4.12. The lowest BCUT2D eigenvalue weighted by Crippen LogP contribution is -2.08. The largest absolute Gasteiger partial charge is 0.462 e. The average Bonchev–Trinajstić information content (AvgIpc) is 2.17. The molecule has 3 nitrogen and oxygen atoms in total. The molecule has 0 aliphatic rings. The maximum Gasteiger partial charge on any atom is 0.338 e. The molecule has 0 spiro atoms. The summed E-state index contributed by atoms with van der Waals surface area (Å²) in [5.74, 6) is -0.607. The Hall–Kier alpha value is -1.06. The van der Waals surface area contributed by atoms with E-state index in [9.17, 15) is 9.59 Å². The number of hydrogen-bond acceptors (Lipinski definition) is 3. The number of hydrogen-bond donors (Lipinski definition) is 0. The Morgan fingerprint density at radius 1 is 1.47 bits per heavy atom. The molecule has 0 radical (unpaired) electrons. The van der Waals surface area contributed by atoms with E-state index in [2.05, 4.69) is 0 Å². The first-order valence-corrected chi connectivity index (χ1v) is 4.97. The van der Waals surface area contributed by atoms with Crippen LogP contribution in [0.15, 0.2) is 12.1 Å². The molecule has 0 saturated heterocycles. The smallest absolute Gasteiger partial charge is 0.338 e. The molecule has 0 N–H and O–H groups in total. The van der Waals surface area contributed by atoms with E-state index in [-0.39, 0.29) is 27.8 Å². The highest BCUT2D eigenvalue weighted by Crippen LogP contribution is 2.24. The van der Waals surface area contributed by atoms with Crippen molar-refractivity contribution in [2.75, 3.05) is 6.61 Å². The summed E-state index contributed by atoms with van der Waals surface area (Å²) in [6.07, 6.45) is 0.505. The SMILES string of the molecule is CCOC(=O)c1cc(Cl)cc(Cl)c1C=O. The Morgan fingerprint density at radius 2 is 2.13 bits per heavy atom. The Balaban J connectivity index is 3.26. The van der Waals surface area contributed by atoms with Gasteiger partial charge >= 0.3 is 5.97 Å². The highest BCUT2D eigenvalue weighted by atomic mass is 35.5. The van der Waals surface area contributed by atoms with Crippen molar-refractivity contribution in [2.24, 2.45) is 0 Å². The molecule has 0 amide bonds. The third kappa shape index (κ3) is 2.70. The van der Waals surface area contributed by atoms with Crippen LogP contribution in [0.4, 0.5) is 0 Å². The second-order valence-corrected chi connectivity index (χ2v) is 3.53. The minimum absolute atomic E-state index is 0.0874. The van der Waals surface area contributed by atoms with Gasteiger partial charge in [-0.2, -0.15) is 0 Å². The fourth-order valence-corrected chi connectivity index (χ4v) is 1.62. The van der Waals surface area contributed by atoms with Crippen LogP contribution < -0.4 is 0 Å². The molecule has 0 aromatic heterocycles. The molecular formula is C10H8Cl2O3. The molecule has 1 aromatic rings. The minimum Gasteiger partial charge on any atom is -0.462 e. The Bertz CT molecular complexity index is 402. The third-order valence-corrected chi connectivity index (χ3v) is 2.24. The van der Waals surface area contributed by atoms with Crippen molar-refractivity contribution in [1.29, 1.82) is 0 Å². The first-order valence-electron chi connectivity index (χ1n) is 4.21. The van der Waals surface area contributed by atoms with Gasteiger partial charge in [-0.25, -0.2) is 4.79 Å². The van der Waals surface area contributed by atoms with Gasteiger partial charge in [-0.15, -0.1) is 0 Å². The van der Waals surface area contributed by atoms with Crippen LogP contribution in [0.25, 0.3) is 0 Å². The monoisotopic (exact) mass is 246 g/mol. The molecule has 80 valence electrons. The van der Waals surface area contributed by atoms with Crippen LogP contribution in [0, 0.1) is 0 Å². The first-order chi connectivity index (χ1) is 7.10. The van der Waals surface area contributed by atoms with E-state index in [1.807, 2.05) is 0 Å². The van der Waals surface area contributed by atoms with Crippen molar-refractivity contribution in [3.63, 3.8) is 0 Å². The molecule has 0 aliphatic heterocycles. The zero-order chi connectivity index (χ0) is 11.4. The average molecular weight is 247 g/mol. The summed E-state index contributed by atoms with van der Waals surface area (Å²) in [6.45, 7) is 1.89. The van der Waals surface area contributed by atoms with Crippen LogP contribution in [0.2, 0.25) is 10.0 Å². The number of rotatable bonds is 3. The maximum atomic E-state index is 11.4. The summed E-state index contributed by atoms with van der Waals surface area (Å²) in [5, 5.41) is 0.425. The van der Waals surface area contributed by atoms with Crippen molar-refractivity contribution in [2.45, 2.75) is 6.92 Å². The number of carbonyl (C=O) groups is 2. The van der Waals surface area contributed by atoms with Crippen LogP contribution in [-0.2, 0) is 4.74 Å². The van der Waals surface area contributed by atoms with Crippen molar-refractivity contribution in [1.82, 2.24) is 0 Å². The van der Waals surface area contributed by atoms with Crippen LogP contribution in [0.5, 0.6) is 0 Å². The van der Waals surface area contributed by atoms with Crippen molar-refractivity contribution in [3.05, 3.63) is 33.3 Å². The Morgan fingerprint density at radius 3 is 2.67 bits per heavy atom. The Labute approximate surface area is 96.9 Å². The first kappa shape index (κ1) is 12.0. The summed E-state index contributed by atoms with van der Waals surface area (Å²) in [4.78, 5) is 22.2. The van der Waals surface area contributed by atoms with E-state index in [1.54, 1.807) is 6.92 Å². The van der Waals surface area contributed by atoms with Gasteiger partial charge in [0.15, 0.2) is 6.29 Å². The van der Waals surface area contributed by atoms with E-state index >= 15 is 0 Å². The summed E-state index contributed by atoms with van der Waals surface area (Å²) in [7, 11) is 0. The number of aldehydes is 1. The van der Waals surface area contributed by atoms with E-state index < -0.39 is 5.97 Å². The fraction of sp³-hybridized carbons (Fsp3) is 0.200. The summed E-state index contributed by atoms with van der Waals surface area (Å²) in [5.41, 5.74) is 0.184. The summed E-state index contributed by atoms with van der Waals surface area (Å²) < 4.78 is 4.77. The van der Waals surface area contributed by atoms with Gasteiger partial charge in [0.25, 0.3) is 0 Å². The fourth-order valence-electron chi connectivity index (χ4n) is 1.08. The lowest BCUT2D eigenvalue weighted by atomic mass is 10.1. The van der Waals surface area contributed by atoms with Gasteiger partial charge < -0.3 is 4.74 Å². The van der Waals surface area contributed by atoms with Gasteiger partial charge in [0.05, 0.1) is 17.2 Å². The van der Waals surface area contributed by atoms with Crippen LogP contribution in [0.1, 0.15) is 27.6 Å². The van der Waals surface area contributed by atoms with Crippen LogP contribution in [-0.4, -0.2) is 18.9 Å². The molecule has 5 heteroatoms. The van der Waals surface area contributed by atoms with Crippen LogP contribution >= 0.6 is 23.2 Å². The second-order valence-electron chi connectivity index (χ2n) is 2.69. The zero-order valence-electron chi connectivity index (χ0n) is 7.92. The van der Waals surface area contributed by atoms with Crippen molar-refractivity contribution >= 4 is 35.5 Å². The number of carbonyl (C=O) groups excluding carboxylic acids is 2. The minimum atomic E-state index is -0.607. The lowest BCUT2D eigenvalue weighted by molar-refractivity contribution is 0.0524. The molecule has 1 aromatic carbocycles. The maximum absolute atomic E-state index is 11.4. The van der Waals surface area contributed by atoms with E-state index in [1.165, 1.54) is 12.1 Å². The quantitative estimate of drug-likeness (QED) is 0.609. The molecule has 0 saturated carbocycles. The van der Waals surface area contributed by atoms with Gasteiger partial charge in [-0.3, -0.25) is 4.79 Å². The lowest BCUT2D eigenvalue weighted by Gasteiger charge is -2.06. The number of benzene rings is 1. The molecule has 15 heavy (non-hydrogen) atoms. The predicted molar refractivity (Wildman–Crippen MR) is 57.8 cm³/mol. The molecule has 0 aliphatic carbocycles. The van der Waals surface area contributed by atoms with Gasteiger partial charge in [0.2, 0.25) is 0 Å². The number of esters is 1. The van der Waals surface area contributed by atoms with E-state index in [0.29, 0.717) is 6.29 Å². The van der Waals surface area contributed by atoms with Crippen molar-refractivity contribution < 1.29 is 14.3 Å². The summed E-state index contributed by atoms with van der Waals surface area (Å²) >= 11 is 11.5. The third-order valence-electron chi connectivity index (χ3n) is 1.71. The van der Waals surface area contributed by atoms with Crippen molar-refractivity contribution in [3.8, 4) is 0 Å². The van der Waals surface area contributed by atoms with Crippen LogP contribution in [0.3, 0.4) is 0 Å². The summed E-state index contributed by atoms with van der Waals surface area (Å²) in [6, 6.07) is 2.75. The van der Waals surface area contributed by atoms with Gasteiger partial charge in [-0.1, -0.05) is 23.2 Å². The zero-order valence-corrected chi connectivity index (χ0v) is 9.43. The molecular weight excluding hydrogens is 239 g/mol. The predicted octanol–water partition coefficient (Wildman–Crippen LogP) is 2.98. The van der Waals surface area contributed by atoms with Gasteiger partial charge in [0.1, 0.15) is 0 Å². The molecule has 0 fully saturated rings. The molecule has 0 atom stereocenters. The number of ether oxygens (including phenoxy) is 1. The second kappa shape index (κ2) is 5.14. The van der Waals surface area contributed by atoms with E-state index in [0.717, 1.165) is 0 Å². The van der Waals surface area contributed by atoms with E-state index in [4.69, 9.17) is 27.9 Å². The van der Waals surface area contributed by atoms with Gasteiger partial charge in [-0.05, 0) is 19.1 Å². The normalized spacial score (nSPS) is 9.80. The highest BCUT2D eigenvalue weighted by molar-refractivity contribution is 6.37. The molecule has 0 unspecified atom stereocenters. The molecule has 1 rings (SSSR count). The molecule has 0 heterocycles.